The van der Waals surface area contributed by atoms with E-state index >= 15 is 0 Å². The van der Waals surface area contributed by atoms with Crippen molar-refractivity contribution in [2.45, 2.75) is 52.5 Å². The Morgan fingerprint density at radius 3 is 2.67 bits per heavy atom. The summed E-state index contributed by atoms with van der Waals surface area (Å²) in [5, 5.41) is 0. The van der Waals surface area contributed by atoms with E-state index < -0.39 is 0 Å². The van der Waals surface area contributed by atoms with E-state index in [4.69, 9.17) is 5.73 Å². The fraction of sp³-hybridized carbons (Fsp3) is 0.667. The molecule has 15 heavy (non-hydrogen) atoms. The van der Waals surface area contributed by atoms with Crippen molar-refractivity contribution in [3.8, 4) is 0 Å². The topological polar surface area (TPSA) is 51.8 Å². The molecule has 0 saturated carbocycles. The molecule has 1 heterocycles. The van der Waals surface area contributed by atoms with Gasteiger partial charge in [0.15, 0.2) is 0 Å². The van der Waals surface area contributed by atoms with Gasteiger partial charge in [-0.3, -0.25) is 0 Å². The van der Waals surface area contributed by atoms with Gasteiger partial charge >= 0.3 is 0 Å². The Hall–Kier alpha value is -0.960. The van der Waals surface area contributed by atoms with E-state index in [-0.39, 0.29) is 6.04 Å². The van der Waals surface area contributed by atoms with Gasteiger partial charge in [-0.1, -0.05) is 13.8 Å². The second-order valence-electron chi connectivity index (χ2n) is 4.04. The Balaban J connectivity index is 2.78. The molecule has 1 rings (SSSR count). The smallest absolute Gasteiger partial charge is 0.128 e. The van der Waals surface area contributed by atoms with Crippen LogP contribution in [0, 0.1) is 6.92 Å². The Morgan fingerprint density at radius 2 is 2.07 bits per heavy atom. The molecule has 0 aliphatic rings. The summed E-state index contributed by atoms with van der Waals surface area (Å²) in [5.41, 5.74) is 8.05. The quantitative estimate of drug-likeness (QED) is 0.803. The zero-order valence-electron chi connectivity index (χ0n) is 9.95. The van der Waals surface area contributed by atoms with Crippen LogP contribution in [0.4, 0.5) is 0 Å². The standard InChI is InChI=1S/C12H21N3/c1-4-6-12-14-9(3)7-11(15-12)8-10(13)5-2/h7,10H,4-6,8,13H2,1-3H3. The molecule has 0 aliphatic heterocycles. The van der Waals surface area contributed by atoms with Gasteiger partial charge in [-0.25, -0.2) is 9.97 Å². The summed E-state index contributed by atoms with van der Waals surface area (Å²) in [5.74, 6) is 0.954. The SMILES string of the molecule is CCCc1nc(C)cc(CC(N)CC)n1. The van der Waals surface area contributed by atoms with Gasteiger partial charge in [0.05, 0.1) is 0 Å². The van der Waals surface area contributed by atoms with Crippen LogP contribution in [-0.4, -0.2) is 16.0 Å². The molecule has 0 spiro atoms. The lowest BCUT2D eigenvalue weighted by molar-refractivity contribution is 0.630. The Kier molecular flexibility index (Phi) is 4.69. The average Bonchev–Trinajstić information content (AvgIpc) is 2.17. The third-order valence-corrected chi connectivity index (χ3v) is 2.42. The van der Waals surface area contributed by atoms with Crippen LogP contribution in [0.1, 0.15) is 43.9 Å². The molecule has 1 unspecified atom stereocenters. The van der Waals surface area contributed by atoms with Crippen LogP contribution in [0.2, 0.25) is 0 Å². The lowest BCUT2D eigenvalue weighted by Gasteiger charge is -2.09. The van der Waals surface area contributed by atoms with Crippen molar-refractivity contribution in [1.29, 1.82) is 0 Å². The largest absolute Gasteiger partial charge is 0.327 e. The van der Waals surface area contributed by atoms with E-state index in [1.54, 1.807) is 0 Å². The minimum Gasteiger partial charge on any atom is -0.327 e. The van der Waals surface area contributed by atoms with Gasteiger partial charge in [0.1, 0.15) is 5.82 Å². The third-order valence-electron chi connectivity index (χ3n) is 2.42. The molecule has 1 aromatic heterocycles. The minimum absolute atomic E-state index is 0.216. The highest BCUT2D eigenvalue weighted by atomic mass is 14.9. The molecule has 0 amide bonds. The molecule has 3 nitrogen and oxygen atoms in total. The predicted molar refractivity (Wildman–Crippen MR) is 62.7 cm³/mol. The molecule has 0 radical (unpaired) electrons. The van der Waals surface area contributed by atoms with Crippen molar-refractivity contribution in [2.24, 2.45) is 5.73 Å². The summed E-state index contributed by atoms with van der Waals surface area (Å²) in [6, 6.07) is 2.25. The van der Waals surface area contributed by atoms with Crippen molar-refractivity contribution in [3.05, 3.63) is 23.3 Å². The van der Waals surface area contributed by atoms with Crippen molar-refractivity contribution < 1.29 is 0 Å². The first-order chi connectivity index (χ1) is 7.15. The van der Waals surface area contributed by atoms with Crippen molar-refractivity contribution >= 4 is 0 Å². The maximum Gasteiger partial charge on any atom is 0.128 e. The van der Waals surface area contributed by atoms with Crippen LogP contribution in [0.5, 0.6) is 0 Å². The molecule has 0 fully saturated rings. The van der Waals surface area contributed by atoms with Crippen LogP contribution in [0.3, 0.4) is 0 Å². The summed E-state index contributed by atoms with van der Waals surface area (Å²) < 4.78 is 0. The van der Waals surface area contributed by atoms with Gasteiger partial charge in [-0.15, -0.1) is 0 Å². The average molecular weight is 207 g/mol. The Bertz CT molecular complexity index is 310. The van der Waals surface area contributed by atoms with E-state index in [1.807, 2.05) is 13.0 Å². The number of hydrogen-bond donors (Lipinski definition) is 1. The summed E-state index contributed by atoms with van der Waals surface area (Å²) in [4.78, 5) is 8.92. The van der Waals surface area contributed by atoms with Crippen LogP contribution >= 0.6 is 0 Å². The van der Waals surface area contributed by atoms with Crippen LogP contribution in [0.15, 0.2) is 6.07 Å². The highest BCUT2D eigenvalue weighted by Gasteiger charge is 2.05. The van der Waals surface area contributed by atoms with Gasteiger partial charge in [0.2, 0.25) is 0 Å². The van der Waals surface area contributed by atoms with Crippen molar-refractivity contribution in [1.82, 2.24) is 9.97 Å². The van der Waals surface area contributed by atoms with Crippen LogP contribution < -0.4 is 5.73 Å². The first-order valence-corrected chi connectivity index (χ1v) is 5.74. The van der Waals surface area contributed by atoms with Gasteiger partial charge < -0.3 is 5.73 Å². The van der Waals surface area contributed by atoms with E-state index in [1.165, 1.54) is 0 Å². The Morgan fingerprint density at radius 1 is 1.33 bits per heavy atom. The van der Waals surface area contributed by atoms with Gasteiger partial charge in [0, 0.05) is 30.3 Å². The molecule has 1 aromatic rings. The normalized spacial score (nSPS) is 12.8. The molecule has 1 atom stereocenters. The van der Waals surface area contributed by atoms with Gasteiger partial charge in [-0.05, 0) is 25.8 Å². The molecule has 3 heteroatoms. The number of nitrogens with zero attached hydrogens (tertiary/aromatic N) is 2. The van der Waals surface area contributed by atoms with E-state index in [9.17, 15) is 0 Å². The van der Waals surface area contributed by atoms with Crippen LogP contribution in [-0.2, 0) is 12.8 Å². The number of aryl methyl sites for hydroxylation is 2. The molecule has 0 bridgehead atoms. The zero-order valence-corrected chi connectivity index (χ0v) is 9.95. The fourth-order valence-corrected chi connectivity index (χ4v) is 1.55. The maximum absolute atomic E-state index is 5.92. The fourth-order valence-electron chi connectivity index (χ4n) is 1.55. The summed E-state index contributed by atoms with van der Waals surface area (Å²) in [7, 11) is 0. The molecule has 0 aliphatic carbocycles. The lowest BCUT2D eigenvalue weighted by Crippen LogP contribution is -2.22. The van der Waals surface area contributed by atoms with Crippen LogP contribution in [0.25, 0.3) is 0 Å². The minimum atomic E-state index is 0.216. The van der Waals surface area contributed by atoms with E-state index in [2.05, 4.69) is 23.8 Å². The highest BCUT2D eigenvalue weighted by Crippen LogP contribution is 2.06. The highest BCUT2D eigenvalue weighted by molar-refractivity contribution is 5.11. The number of hydrogen-bond acceptors (Lipinski definition) is 3. The first kappa shape index (κ1) is 12.1. The van der Waals surface area contributed by atoms with E-state index in [0.717, 1.165) is 42.9 Å². The van der Waals surface area contributed by atoms with Gasteiger partial charge in [0.25, 0.3) is 0 Å². The molecule has 0 saturated heterocycles. The monoisotopic (exact) mass is 207 g/mol. The summed E-state index contributed by atoms with van der Waals surface area (Å²) in [6.45, 7) is 6.26. The van der Waals surface area contributed by atoms with Gasteiger partial charge in [-0.2, -0.15) is 0 Å². The number of nitrogens with two attached hydrogens (primary N) is 1. The molecule has 0 aromatic carbocycles. The summed E-state index contributed by atoms with van der Waals surface area (Å²) in [6.07, 6.45) is 3.89. The second kappa shape index (κ2) is 5.81. The molecule has 2 N–H and O–H groups in total. The number of aromatic nitrogens is 2. The van der Waals surface area contributed by atoms with E-state index in [0.29, 0.717) is 0 Å². The molecular weight excluding hydrogens is 186 g/mol. The second-order valence-corrected chi connectivity index (χ2v) is 4.04. The predicted octanol–water partition coefficient (Wildman–Crippen LogP) is 2.02. The summed E-state index contributed by atoms with van der Waals surface area (Å²) >= 11 is 0. The zero-order chi connectivity index (χ0) is 11.3. The third kappa shape index (κ3) is 3.96. The first-order valence-electron chi connectivity index (χ1n) is 5.74. The molecule has 84 valence electrons. The molecular formula is C12H21N3. The van der Waals surface area contributed by atoms with Crippen molar-refractivity contribution in [3.63, 3.8) is 0 Å². The maximum atomic E-state index is 5.92. The van der Waals surface area contributed by atoms with Crippen molar-refractivity contribution in [2.75, 3.05) is 0 Å². The Labute approximate surface area is 92.1 Å². The number of rotatable bonds is 5. The lowest BCUT2D eigenvalue weighted by atomic mass is 10.1.